The van der Waals surface area contributed by atoms with E-state index in [9.17, 15) is 4.79 Å². The largest absolute Gasteiger partial charge is 0.497 e. The number of hydrogen-bond acceptors (Lipinski definition) is 7. The Morgan fingerprint density at radius 1 is 0.778 bits per heavy atom. The average molecular weight is 374 g/mol. The van der Waals surface area contributed by atoms with Crippen LogP contribution in [0.25, 0.3) is 0 Å². The van der Waals surface area contributed by atoms with Gasteiger partial charge in [0.2, 0.25) is 0 Å². The molecule has 144 valence electrons. The van der Waals surface area contributed by atoms with Gasteiger partial charge in [0, 0.05) is 23.3 Å². The Bertz CT molecular complexity index is 813. The molecule has 0 aliphatic carbocycles. The Hall–Kier alpha value is -3.42. The molecular formula is C19H22N2O6. The molecule has 0 aromatic heterocycles. The Morgan fingerprint density at radius 2 is 1.33 bits per heavy atom. The summed E-state index contributed by atoms with van der Waals surface area (Å²) >= 11 is 0. The summed E-state index contributed by atoms with van der Waals surface area (Å²) in [5.41, 5.74) is 3.42. The number of hydrazone groups is 1. The molecule has 0 radical (unpaired) electrons. The molecule has 8 nitrogen and oxygen atoms in total. The van der Waals surface area contributed by atoms with Gasteiger partial charge in [0.1, 0.15) is 17.2 Å². The summed E-state index contributed by atoms with van der Waals surface area (Å²) in [4.78, 5) is 12.3. The van der Waals surface area contributed by atoms with Crippen LogP contribution >= 0.6 is 0 Å². The predicted molar refractivity (Wildman–Crippen MR) is 101 cm³/mol. The minimum atomic E-state index is -0.414. The third kappa shape index (κ3) is 4.81. The second-order valence-corrected chi connectivity index (χ2v) is 5.25. The number of methoxy groups -OCH3 is 5. The fraction of sp³-hybridized carbons (Fsp3) is 0.263. The predicted octanol–water partition coefficient (Wildman–Crippen LogP) is 2.49. The molecule has 0 atom stereocenters. The molecule has 0 saturated heterocycles. The van der Waals surface area contributed by atoms with Crippen molar-refractivity contribution in [2.24, 2.45) is 5.10 Å². The molecule has 0 saturated carbocycles. The van der Waals surface area contributed by atoms with E-state index in [1.54, 1.807) is 30.3 Å². The number of rotatable bonds is 8. The van der Waals surface area contributed by atoms with Gasteiger partial charge in [-0.1, -0.05) is 0 Å². The molecule has 0 aliphatic heterocycles. The van der Waals surface area contributed by atoms with Gasteiger partial charge < -0.3 is 23.7 Å². The van der Waals surface area contributed by atoms with Crippen molar-refractivity contribution in [3.05, 3.63) is 41.5 Å². The van der Waals surface area contributed by atoms with E-state index in [-0.39, 0.29) is 0 Å². The number of hydrogen-bond donors (Lipinski definition) is 1. The van der Waals surface area contributed by atoms with E-state index in [0.29, 0.717) is 39.9 Å². The zero-order valence-electron chi connectivity index (χ0n) is 15.9. The number of amides is 1. The topological polar surface area (TPSA) is 87.6 Å². The minimum absolute atomic E-state index is 0.350. The summed E-state index contributed by atoms with van der Waals surface area (Å²) in [6.07, 6.45) is 1.45. The lowest BCUT2D eigenvalue weighted by molar-refractivity contribution is 0.0954. The van der Waals surface area contributed by atoms with E-state index in [4.69, 9.17) is 23.7 Å². The fourth-order valence-corrected chi connectivity index (χ4v) is 2.32. The molecule has 0 heterocycles. The van der Waals surface area contributed by atoms with E-state index in [2.05, 4.69) is 10.5 Å². The van der Waals surface area contributed by atoms with Crippen molar-refractivity contribution >= 4 is 12.1 Å². The molecule has 0 unspecified atom stereocenters. The van der Waals surface area contributed by atoms with Crippen molar-refractivity contribution in [1.82, 2.24) is 5.43 Å². The van der Waals surface area contributed by atoms with Crippen LogP contribution in [0, 0.1) is 0 Å². The van der Waals surface area contributed by atoms with Crippen molar-refractivity contribution < 1.29 is 28.5 Å². The van der Waals surface area contributed by atoms with Gasteiger partial charge in [-0.15, -0.1) is 0 Å². The summed E-state index contributed by atoms with van der Waals surface area (Å²) in [7, 11) is 7.62. The second kappa shape index (κ2) is 9.33. The number of carbonyl (C=O) groups is 1. The number of benzene rings is 2. The van der Waals surface area contributed by atoms with Gasteiger partial charge in [-0.25, -0.2) is 5.43 Å². The lowest BCUT2D eigenvalue weighted by atomic mass is 10.2. The maximum Gasteiger partial charge on any atom is 0.271 e. The molecule has 2 aromatic carbocycles. The highest BCUT2D eigenvalue weighted by molar-refractivity contribution is 5.96. The van der Waals surface area contributed by atoms with Crippen LogP contribution < -0.4 is 29.1 Å². The van der Waals surface area contributed by atoms with Crippen LogP contribution in [0.4, 0.5) is 0 Å². The van der Waals surface area contributed by atoms with Crippen LogP contribution in [-0.4, -0.2) is 47.7 Å². The smallest absolute Gasteiger partial charge is 0.271 e. The Balaban J connectivity index is 2.21. The van der Waals surface area contributed by atoms with Gasteiger partial charge in [-0.05, 0) is 18.2 Å². The molecule has 0 aliphatic rings. The van der Waals surface area contributed by atoms with E-state index in [1.807, 2.05) is 0 Å². The van der Waals surface area contributed by atoms with Gasteiger partial charge >= 0.3 is 0 Å². The van der Waals surface area contributed by atoms with Crippen LogP contribution in [0.15, 0.2) is 35.4 Å². The SMILES string of the molecule is COc1cc(OC)cc(C(=O)N/N=C\c2cc(OC)c(OC)cc2OC)c1. The van der Waals surface area contributed by atoms with Crippen LogP contribution in [0.5, 0.6) is 28.7 Å². The molecule has 2 rings (SSSR count). The molecule has 1 amide bonds. The maximum absolute atomic E-state index is 12.3. The first kappa shape index (κ1) is 19.9. The zero-order valence-corrected chi connectivity index (χ0v) is 15.9. The summed E-state index contributed by atoms with van der Waals surface area (Å²) in [6, 6.07) is 8.22. The second-order valence-electron chi connectivity index (χ2n) is 5.25. The normalized spacial score (nSPS) is 10.4. The molecule has 2 aromatic rings. The van der Waals surface area contributed by atoms with Gasteiger partial charge in [0.15, 0.2) is 11.5 Å². The average Bonchev–Trinajstić information content (AvgIpc) is 2.72. The quantitative estimate of drug-likeness (QED) is 0.564. The Labute approximate surface area is 157 Å². The lowest BCUT2D eigenvalue weighted by Crippen LogP contribution is -2.17. The van der Waals surface area contributed by atoms with Crippen LogP contribution in [0.1, 0.15) is 15.9 Å². The Kier molecular flexibility index (Phi) is 6.87. The van der Waals surface area contributed by atoms with Crippen molar-refractivity contribution in [1.29, 1.82) is 0 Å². The number of ether oxygens (including phenoxy) is 5. The third-order valence-electron chi connectivity index (χ3n) is 3.72. The first-order chi connectivity index (χ1) is 13.1. The molecule has 8 heteroatoms. The van der Waals surface area contributed by atoms with Crippen molar-refractivity contribution in [2.45, 2.75) is 0 Å². The molecule has 1 N–H and O–H groups in total. The van der Waals surface area contributed by atoms with E-state index < -0.39 is 5.91 Å². The fourth-order valence-electron chi connectivity index (χ4n) is 2.32. The van der Waals surface area contributed by atoms with E-state index in [0.717, 1.165) is 0 Å². The first-order valence-electron chi connectivity index (χ1n) is 7.92. The number of nitrogens with one attached hydrogen (secondary N) is 1. The van der Waals surface area contributed by atoms with Gasteiger partial charge in [0.25, 0.3) is 5.91 Å². The zero-order chi connectivity index (χ0) is 19.8. The highest BCUT2D eigenvalue weighted by atomic mass is 16.5. The molecule has 27 heavy (non-hydrogen) atoms. The highest BCUT2D eigenvalue weighted by Crippen LogP contribution is 2.33. The van der Waals surface area contributed by atoms with E-state index >= 15 is 0 Å². The lowest BCUT2D eigenvalue weighted by Gasteiger charge is -2.11. The summed E-state index contributed by atoms with van der Waals surface area (Å²) < 4.78 is 26.1. The van der Waals surface area contributed by atoms with Crippen molar-refractivity contribution in [3.63, 3.8) is 0 Å². The minimum Gasteiger partial charge on any atom is -0.497 e. The summed E-state index contributed by atoms with van der Waals surface area (Å²) in [5, 5.41) is 3.99. The summed E-state index contributed by atoms with van der Waals surface area (Å²) in [5.74, 6) is 2.16. The maximum atomic E-state index is 12.3. The molecular weight excluding hydrogens is 352 g/mol. The molecule has 0 bridgehead atoms. The number of carbonyl (C=O) groups excluding carboxylic acids is 1. The molecule has 0 spiro atoms. The standard InChI is InChI=1S/C19H22N2O6/c1-23-14-6-12(7-15(9-14)24-2)19(22)21-20-11-13-8-17(26-4)18(27-5)10-16(13)25-3/h6-11H,1-5H3,(H,21,22)/b20-11-. The van der Waals surface area contributed by atoms with E-state index in [1.165, 1.54) is 41.8 Å². The van der Waals surface area contributed by atoms with Crippen molar-refractivity contribution in [2.75, 3.05) is 35.5 Å². The van der Waals surface area contributed by atoms with Crippen LogP contribution in [0.3, 0.4) is 0 Å². The van der Waals surface area contributed by atoms with Crippen LogP contribution in [-0.2, 0) is 0 Å². The highest BCUT2D eigenvalue weighted by Gasteiger charge is 2.12. The van der Waals surface area contributed by atoms with Gasteiger partial charge in [-0.3, -0.25) is 4.79 Å². The number of nitrogens with zero attached hydrogens (tertiary/aromatic N) is 1. The first-order valence-corrected chi connectivity index (χ1v) is 7.92. The monoisotopic (exact) mass is 374 g/mol. The van der Waals surface area contributed by atoms with Crippen LogP contribution in [0.2, 0.25) is 0 Å². The van der Waals surface area contributed by atoms with Gasteiger partial charge in [0.05, 0.1) is 41.8 Å². The van der Waals surface area contributed by atoms with Crippen molar-refractivity contribution in [3.8, 4) is 28.7 Å². The third-order valence-corrected chi connectivity index (χ3v) is 3.72. The molecule has 0 fully saturated rings. The summed E-state index contributed by atoms with van der Waals surface area (Å²) in [6.45, 7) is 0. The van der Waals surface area contributed by atoms with Gasteiger partial charge in [-0.2, -0.15) is 5.10 Å². The Morgan fingerprint density at radius 3 is 1.85 bits per heavy atom.